The Morgan fingerprint density at radius 2 is 2.04 bits per heavy atom. The molecular formula is C20H23N5OS. The molecule has 1 saturated heterocycles. The first-order valence-electron chi connectivity index (χ1n) is 9.67. The number of anilines is 1. The Bertz CT molecular complexity index is 973. The van der Waals surface area contributed by atoms with Crippen LogP contribution in [-0.2, 0) is 17.6 Å². The van der Waals surface area contributed by atoms with E-state index in [9.17, 15) is 0 Å². The van der Waals surface area contributed by atoms with Crippen molar-refractivity contribution >= 4 is 27.4 Å². The highest BCUT2D eigenvalue weighted by Crippen LogP contribution is 2.41. The number of hydrogen-bond donors (Lipinski definition) is 0. The summed E-state index contributed by atoms with van der Waals surface area (Å²) in [5.74, 6) is 1.71. The number of fused-ring (bicyclic) bond motifs is 3. The standard InChI is InChI=1S/C20H23N5OS/c1-12-11-26-13(2)10-25(12)19-17-14-5-3-4-6-16(14)27-20(17)24-18(23-19)15-9-21-7-8-22-15/h7-9,12-13H,3-6,10-11H2,1-2H3/t12-,13-/m1/s1. The summed E-state index contributed by atoms with van der Waals surface area (Å²) >= 11 is 1.83. The van der Waals surface area contributed by atoms with Gasteiger partial charge in [-0.05, 0) is 45.1 Å². The summed E-state index contributed by atoms with van der Waals surface area (Å²) in [6.07, 6.45) is 10.1. The second-order valence-corrected chi connectivity index (χ2v) is 8.58. The molecule has 5 rings (SSSR count). The number of rotatable bonds is 2. The topological polar surface area (TPSA) is 64.0 Å². The maximum absolute atomic E-state index is 5.86. The second kappa shape index (κ2) is 6.80. The van der Waals surface area contributed by atoms with Gasteiger partial charge in [0.2, 0.25) is 0 Å². The van der Waals surface area contributed by atoms with Crippen LogP contribution in [-0.4, -0.2) is 45.2 Å². The molecular weight excluding hydrogens is 358 g/mol. The Morgan fingerprint density at radius 1 is 1.15 bits per heavy atom. The van der Waals surface area contributed by atoms with E-state index in [4.69, 9.17) is 14.7 Å². The average Bonchev–Trinajstić information content (AvgIpc) is 3.08. The predicted molar refractivity (Wildman–Crippen MR) is 107 cm³/mol. The third kappa shape index (κ3) is 2.99. The molecule has 0 N–H and O–H groups in total. The van der Waals surface area contributed by atoms with Crippen LogP contribution in [0.5, 0.6) is 0 Å². The van der Waals surface area contributed by atoms with Crippen molar-refractivity contribution in [2.24, 2.45) is 0 Å². The lowest BCUT2D eigenvalue weighted by Gasteiger charge is -2.38. The van der Waals surface area contributed by atoms with Gasteiger partial charge in [0, 0.05) is 23.8 Å². The first kappa shape index (κ1) is 17.0. The van der Waals surface area contributed by atoms with Crippen molar-refractivity contribution in [2.45, 2.75) is 51.7 Å². The molecule has 2 atom stereocenters. The molecule has 1 fully saturated rings. The molecule has 0 amide bonds. The maximum atomic E-state index is 5.86. The van der Waals surface area contributed by atoms with Crippen LogP contribution in [0.15, 0.2) is 18.6 Å². The molecule has 27 heavy (non-hydrogen) atoms. The molecule has 3 aromatic rings. The van der Waals surface area contributed by atoms with Crippen LogP contribution < -0.4 is 4.90 Å². The van der Waals surface area contributed by atoms with Gasteiger partial charge < -0.3 is 9.64 Å². The van der Waals surface area contributed by atoms with Gasteiger partial charge in [-0.25, -0.2) is 15.0 Å². The highest BCUT2D eigenvalue weighted by atomic mass is 32.1. The largest absolute Gasteiger partial charge is 0.375 e. The van der Waals surface area contributed by atoms with E-state index in [0.29, 0.717) is 5.82 Å². The van der Waals surface area contributed by atoms with Crippen LogP contribution in [0.25, 0.3) is 21.7 Å². The van der Waals surface area contributed by atoms with Gasteiger partial charge in [0.15, 0.2) is 5.82 Å². The maximum Gasteiger partial charge on any atom is 0.183 e. The van der Waals surface area contributed by atoms with Crippen molar-refractivity contribution in [3.8, 4) is 11.5 Å². The number of morpholine rings is 1. The molecule has 3 aromatic heterocycles. The zero-order valence-corrected chi connectivity index (χ0v) is 16.5. The van der Waals surface area contributed by atoms with E-state index >= 15 is 0 Å². The van der Waals surface area contributed by atoms with Crippen LogP contribution in [0, 0.1) is 0 Å². The van der Waals surface area contributed by atoms with Crippen LogP contribution in [0.1, 0.15) is 37.1 Å². The quantitative estimate of drug-likeness (QED) is 0.675. The average molecular weight is 382 g/mol. The lowest BCUT2D eigenvalue weighted by molar-refractivity contribution is 0.0342. The molecule has 0 spiro atoms. The number of thiophene rings is 1. The molecule has 6 nitrogen and oxygen atoms in total. The molecule has 0 aromatic carbocycles. The van der Waals surface area contributed by atoms with E-state index in [1.54, 1.807) is 18.6 Å². The molecule has 0 saturated carbocycles. The van der Waals surface area contributed by atoms with Gasteiger partial charge in [-0.2, -0.15) is 0 Å². The normalized spacial score (nSPS) is 22.8. The SMILES string of the molecule is C[C@@H]1CN(c2nc(-c3cnccn3)nc3sc4c(c23)CCCC4)[C@H](C)CO1. The molecule has 1 aliphatic carbocycles. The van der Waals surface area contributed by atoms with Gasteiger partial charge >= 0.3 is 0 Å². The minimum Gasteiger partial charge on any atom is -0.375 e. The van der Waals surface area contributed by atoms with Crippen LogP contribution in [0.2, 0.25) is 0 Å². The van der Waals surface area contributed by atoms with E-state index in [2.05, 4.69) is 28.7 Å². The second-order valence-electron chi connectivity index (χ2n) is 7.50. The number of ether oxygens (including phenoxy) is 1. The van der Waals surface area contributed by atoms with E-state index in [-0.39, 0.29) is 12.1 Å². The Labute approximate surface area is 162 Å². The van der Waals surface area contributed by atoms with Crippen molar-refractivity contribution < 1.29 is 4.74 Å². The molecule has 0 radical (unpaired) electrons. The van der Waals surface area contributed by atoms with Gasteiger partial charge in [-0.3, -0.25) is 4.98 Å². The fourth-order valence-electron chi connectivity index (χ4n) is 4.07. The Morgan fingerprint density at radius 3 is 2.89 bits per heavy atom. The summed E-state index contributed by atoms with van der Waals surface area (Å²) in [6.45, 7) is 5.90. The van der Waals surface area contributed by atoms with Gasteiger partial charge in [0.25, 0.3) is 0 Å². The molecule has 1 aliphatic heterocycles. The van der Waals surface area contributed by atoms with Crippen LogP contribution in [0.3, 0.4) is 0 Å². The van der Waals surface area contributed by atoms with Gasteiger partial charge in [-0.15, -0.1) is 11.3 Å². The first-order valence-corrected chi connectivity index (χ1v) is 10.5. The Hall–Kier alpha value is -2.12. The number of aromatic nitrogens is 4. The number of hydrogen-bond acceptors (Lipinski definition) is 7. The predicted octanol–water partition coefficient (Wildman–Crippen LogP) is 3.64. The fourth-order valence-corrected chi connectivity index (χ4v) is 5.33. The third-order valence-electron chi connectivity index (χ3n) is 5.47. The number of aryl methyl sites for hydroxylation is 2. The minimum absolute atomic E-state index is 0.195. The summed E-state index contributed by atoms with van der Waals surface area (Å²) < 4.78 is 5.86. The molecule has 2 aliphatic rings. The van der Waals surface area contributed by atoms with Crippen molar-refractivity contribution in [3.05, 3.63) is 29.0 Å². The Kier molecular flexibility index (Phi) is 4.28. The lowest BCUT2D eigenvalue weighted by atomic mass is 9.96. The van der Waals surface area contributed by atoms with E-state index in [0.717, 1.165) is 42.3 Å². The van der Waals surface area contributed by atoms with Crippen LogP contribution in [0.4, 0.5) is 5.82 Å². The summed E-state index contributed by atoms with van der Waals surface area (Å²) in [5, 5.41) is 1.25. The Balaban J connectivity index is 1.74. The van der Waals surface area contributed by atoms with Gasteiger partial charge in [0.1, 0.15) is 16.3 Å². The highest BCUT2D eigenvalue weighted by molar-refractivity contribution is 7.19. The molecule has 0 unspecified atom stereocenters. The molecule has 7 heteroatoms. The van der Waals surface area contributed by atoms with Crippen molar-refractivity contribution in [1.29, 1.82) is 0 Å². The third-order valence-corrected chi connectivity index (χ3v) is 6.65. The van der Waals surface area contributed by atoms with Crippen molar-refractivity contribution in [2.75, 3.05) is 18.1 Å². The minimum atomic E-state index is 0.195. The fraction of sp³-hybridized carbons (Fsp3) is 0.500. The van der Waals surface area contributed by atoms with Crippen LogP contribution >= 0.6 is 11.3 Å². The van der Waals surface area contributed by atoms with Crippen molar-refractivity contribution in [1.82, 2.24) is 19.9 Å². The summed E-state index contributed by atoms with van der Waals surface area (Å²) in [7, 11) is 0. The summed E-state index contributed by atoms with van der Waals surface area (Å²) in [4.78, 5) is 23.5. The van der Waals surface area contributed by atoms with E-state index < -0.39 is 0 Å². The van der Waals surface area contributed by atoms with Crippen molar-refractivity contribution in [3.63, 3.8) is 0 Å². The van der Waals surface area contributed by atoms with Gasteiger partial charge in [0.05, 0.1) is 30.3 Å². The first-order chi connectivity index (χ1) is 13.2. The smallest absolute Gasteiger partial charge is 0.183 e. The molecule has 0 bridgehead atoms. The lowest BCUT2D eigenvalue weighted by Crippen LogP contribution is -2.48. The van der Waals surface area contributed by atoms with E-state index in [1.807, 2.05) is 11.3 Å². The zero-order valence-electron chi connectivity index (χ0n) is 15.7. The molecule has 4 heterocycles. The highest BCUT2D eigenvalue weighted by Gasteiger charge is 2.30. The van der Waals surface area contributed by atoms with E-state index in [1.165, 1.54) is 28.7 Å². The number of nitrogens with zero attached hydrogens (tertiary/aromatic N) is 5. The summed E-state index contributed by atoms with van der Waals surface area (Å²) in [6, 6.07) is 0.285. The molecule has 140 valence electrons. The van der Waals surface area contributed by atoms with Gasteiger partial charge in [-0.1, -0.05) is 0 Å². The monoisotopic (exact) mass is 381 g/mol. The summed E-state index contributed by atoms with van der Waals surface area (Å²) in [5.41, 5.74) is 2.19. The zero-order chi connectivity index (χ0) is 18.4.